The maximum Gasteiger partial charge on any atom is 0.332 e. The zero-order valence-electron chi connectivity index (χ0n) is 10.3. The highest BCUT2D eigenvalue weighted by Gasteiger charge is 2.13. The molecule has 19 heavy (non-hydrogen) atoms. The number of carbonyl (C=O) groups is 2. The van der Waals surface area contributed by atoms with E-state index in [1.54, 1.807) is 6.07 Å². The normalized spacial score (nSPS) is 11.7. The minimum absolute atomic E-state index is 0.0414. The summed E-state index contributed by atoms with van der Waals surface area (Å²) in [6.07, 6.45) is -1.51. The van der Waals surface area contributed by atoms with Crippen molar-refractivity contribution in [1.29, 1.82) is 0 Å². The molecule has 1 atom stereocenters. The number of hydrogen-bond acceptors (Lipinski definition) is 3. The summed E-state index contributed by atoms with van der Waals surface area (Å²) in [4.78, 5) is 21.9. The summed E-state index contributed by atoms with van der Waals surface area (Å²) in [5.74, 6) is -1.30. The molecule has 7 heteroatoms. The highest BCUT2D eigenvalue weighted by molar-refractivity contribution is 9.10. The molecule has 0 saturated carbocycles. The van der Waals surface area contributed by atoms with E-state index in [2.05, 4.69) is 26.6 Å². The van der Waals surface area contributed by atoms with E-state index < -0.39 is 18.1 Å². The third-order valence-corrected chi connectivity index (χ3v) is 2.93. The van der Waals surface area contributed by atoms with E-state index >= 15 is 0 Å². The van der Waals surface area contributed by atoms with Crippen LogP contribution in [0.25, 0.3) is 0 Å². The molecule has 6 nitrogen and oxygen atoms in total. The van der Waals surface area contributed by atoms with Crippen LogP contribution in [0.3, 0.4) is 0 Å². The third kappa shape index (κ3) is 5.27. The Balaban J connectivity index is 2.43. The highest BCUT2D eigenvalue weighted by atomic mass is 79.9. The molecule has 0 bridgehead atoms. The first kappa shape index (κ1) is 15.5. The Kier molecular flexibility index (Phi) is 5.78. The number of aliphatic carboxylic acids is 1. The van der Waals surface area contributed by atoms with Gasteiger partial charge in [0.25, 0.3) is 0 Å². The fraction of sp³-hybridized carbons (Fsp3) is 0.333. The van der Waals surface area contributed by atoms with E-state index in [1.807, 2.05) is 19.1 Å². The summed E-state index contributed by atoms with van der Waals surface area (Å²) in [7, 11) is 0. The number of nitrogens with one attached hydrogen (secondary N) is 2. The zero-order chi connectivity index (χ0) is 14.4. The minimum Gasteiger partial charge on any atom is -0.479 e. The molecule has 1 rings (SSSR count). The molecule has 0 aliphatic carbocycles. The maximum atomic E-state index is 11.6. The Morgan fingerprint density at radius 2 is 2.11 bits per heavy atom. The van der Waals surface area contributed by atoms with Crippen molar-refractivity contribution in [1.82, 2.24) is 5.32 Å². The molecule has 0 radical (unpaired) electrons. The molecule has 1 aromatic carbocycles. The van der Waals surface area contributed by atoms with E-state index in [4.69, 9.17) is 10.2 Å². The summed E-state index contributed by atoms with van der Waals surface area (Å²) >= 11 is 3.30. The van der Waals surface area contributed by atoms with Gasteiger partial charge in [-0.2, -0.15) is 0 Å². The van der Waals surface area contributed by atoms with Crippen LogP contribution >= 0.6 is 15.9 Å². The van der Waals surface area contributed by atoms with Crippen molar-refractivity contribution in [3.63, 3.8) is 0 Å². The molecular formula is C12H15BrN2O4. The highest BCUT2D eigenvalue weighted by Crippen LogP contribution is 2.20. The van der Waals surface area contributed by atoms with Crippen LogP contribution in [0.15, 0.2) is 22.7 Å². The van der Waals surface area contributed by atoms with Crippen LogP contribution < -0.4 is 10.6 Å². The van der Waals surface area contributed by atoms with Gasteiger partial charge in [0.2, 0.25) is 0 Å². The molecule has 0 aliphatic rings. The van der Waals surface area contributed by atoms with Gasteiger partial charge in [0.1, 0.15) is 0 Å². The smallest absolute Gasteiger partial charge is 0.332 e. The van der Waals surface area contributed by atoms with Crippen LogP contribution in [0.1, 0.15) is 12.0 Å². The van der Waals surface area contributed by atoms with E-state index in [0.717, 1.165) is 10.0 Å². The topological polar surface area (TPSA) is 98.7 Å². The van der Waals surface area contributed by atoms with Gasteiger partial charge < -0.3 is 20.8 Å². The van der Waals surface area contributed by atoms with E-state index in [-0.39, 0.29) is 13.0 Å². The fourth-order valence-corrected chi connectivity index (χ4v) is 1.70. The Labute approximate surface area is 118 Å². The van der Waals surface area contributed by atoms with Crippen LogP contribution in [0.2, 0.25) is 0 Å². The lowest BCUT2D eigenvalue weighted by atomic mass is 10.2. The van der Waals surface area contributed by atoms with Gasteiger partial charge in [0, 0.05) is 23.1 Å². The monoisotopic (exact) mass is 330 g/mol. The van der Waals surface area contributed by atoms with Crippen LogP contribution in [0.4, 0.5) is 10.5 Å². The maximum absolute atomic E-state index is 11.6. The van der Waals surface area contributed by atoms with E-state index in [9.17, 15) is 9.59 Å². The molecule has 0 saturated heterocycles. The molecule has 0 heterocycles. The molecule has 0 aliphatic heterocycles. The first-order valence-electron chi connectivity index (χ1n) is 5.62. The van der Waals surface area contributed by atoms with Crippen molar-refractivity contribution in [3.8, 4) is 0 Å². The number of benzene rings is 1. The van der Waals surface area contributed by atoms with Crippen LogP contribution in [0.5, 0.6) is 0 Å². The number of rotatable bonds is 5. The predicted octanol–water partition coefficient (Wildman–Crippen LogP) is 1.71. The summed E-state index contributed by atoms with van der Waals surface area (Å²) in [5, 5.41) is 22.6. The average molecular weight is 331 g/mol. The summed E-state index contributed by atoms with van der Waals surface area (Å²) in [6, 6.07) is 5.04. The third-order valence-electron chi connectivity index (χ3n) is 2.44. The lowest BCUT2D eigenvalue weighted by molar-refractivity contribution is -0.146. The number of amides is 2. The second-order valence-corrected chi connectivity index (χ2v) is 4.90. The fourth-order valence-electron chi connectivity index (χ4n) is 1.34. The average Bonchev–Trinajstić information content (AvgIpc) is 2.33. The summed E-state index contributed by atoms with van der Waals surface area (Å²) < 4.78 is 0.842. The number of carboxylic acid groups (broad SMARTS) is 1. The van der Waals surface area contributed by atoms with Gasteiger partial charge in [0.05, 0.1) is 0 Å². The van der Waals surface area contributed by atoms with Crippen LogP contribution in [-0.2, 0) is 4.79 Å². The number of aryl methyl sites for hydroxylation is 1. The first-order chi connectivity index (χ1) is 8.90. The standard InChI is InChI=1S/C12H15BrN2O4/c1-7-2-3-8(13)6-9(7)15-12(19)14-5-4-10(16)11(17)18/h2-3,6,10,16H,4-5H2,1H3,(H,17,18)(H2,14,15,19)/t10-/m0/s1. The number of aliphatic hydroxyl groups is 1. The molecule has 4 N–H and O–H groups in total. The molecule has 0 unspecified atom stereocenters. The van der Waals surface area contributed by atoms with Crippen LogP contribution in [-0.4, -0.2) is 34.9 Å². The SMILES string of the molecule is Cc1ccc(Br)cc1NC(=O)NCC[C@H](O)C(=O)O. The Morgan fingerprint density at radius 3 is 2.74 bits per heavy atom. The van der Waals surface area contributed by atoms with Crippen molar-refractivity contribution in [2.75, 3.05) is 11.9 Å². The molecule has 0 fully saturated rings. The molecule has 2 amide bonds. The number of hydrogen-bond donors (Lipinski definition) is 4. The predicted molar refractivity (Wildman–Crippen MR) is 74.2 cm³/mol. The van der Waals surface area contributed by atoms with E-state index in [0.29, 0.717) is 5.69 Å². The number of anilines is 1. The van der Waals surface area contributed by atoms with Gasteiger partial charge in [-0.05, 0) is 24.6 Å². The van der Waals surface area contributed by atoms with Crippen molar-refractivity contribution in [2.24, 2.45) is 0 Å². The Bertz CT molecular complexity index is 479. The molecule has 0 spiro atoms. The number of urea groups is 1. The Morgan fingerprint density at radius 1 is 1.42 bits per heavy atom. The molecule has 104 valence electrons. The summed E-state index contributed by atoms with van der Waals surface area (Å²) in [5.41, 5.74) is 1.56. The second kappa shape index (κ2) is 7.10. The van der Waals surface area contributed by atoms with Crippen LogP contribution in [0, 0.1) is 6.92 Å². The number of carbonyl (C=O) groups excluding carboxylic acids is 1. The lowest BCUT2D eigenvalue weighted by Gasteiger charge is -2.11. The van der Waals surface area contributed by atoms with Gasteiger partial charge in [-0.15, -0.1) is 0 Å². The lowest BCUT2D eigenvalue weighted by Crippen LogP contribution is -2.33. The molecule has 0 aromatic heterocycles. The van der Waals surface area contributed by atoms with Crippen molar-refractivity contribution in [3.05, 3.63) is 28.2 Å². The number of halogens is 1. The quantitative estimate of drug-likeness (QED) is 0.660. The number of aliphatic hydroxyl groups excluding tert-OH is 1. The molecule has 1 aromatic rings. The van der Waals surface area contributed by atoms with Crippen molar-refractivity contribution >= 4 is 33.6 Å². The van der Waals surface area contributed by atoms with Gasteiger partial charge in [-0.25, -0.2) is 9.59 Å². The molecular weight excluding hydrogens is 316 g/mol. The van der Waals surface area contributed by atoms with Gasteiger partial charge in [-0.1, -0.05) is 22.0 Å². The Hall–Kier alpha value is -1.60. The zero-order valence-corrected chi connectivity index (χ0v) is 11.9. The van der Waals surface area contributed by atoms with Crippen molar-refractivity contribution < 1.29 is 19.8 Å². The minimum atomic E-state index is -1.46. The largest absolute Gasteiger partial charge is 0.479 e. The number of carboxylic acids is 1. The second-order valence-electron chi connectivity index (χ2n) is 3.98. The van der Waals surface area contributed by atoms with E-state index in [1.165, 1.54) is 0 Å². The van der Waals surface area contributed by atoms with Gasteiger partial charge in [-0.3, -0.25) is 0 Å². The van der Waals surface area contributed by atoms with Gasteiger partial charge >= 0.3 is 12.0 Å². The first-order valence-corrected chi connectivity index (χ1v) is 6.41. The van der Waals surface area contributed by atoms with Crippen molar-refractivity contribution in [2.45, 2.75) is 19.4 Å². The summed E-state index contributed by atoms with van der Waals surface area (Å²) in [6.45, 7) is 1.93. The van der Waals surface area contributed by atoms with Gasteiger partial charge in [0.15, 0.2) is 6.10 Å².